The third-order valence-corrected chi connectivity index (χ3v) is 3.22. The minimum absolute atomic E-state index is 0. The molecular weight excluding hydrogens is 339 g/mol. The summed E-state index contributed by atoms with van der Waals surface area (Å²) in [5, 5.41) is 11.7. The van der Waals surface area contributed by atoms with Gasteiger partial charge in [-0.2, -0.15) is 4.98 Å². The van der Waals surface area contributed by atoms with Gasteiger partial charge < -0.3 is 29.9 Å². The maximum Gasteiger partial charge on any atom is 1.00 e. The molecule has 0 amide bonds. The van der Waals surface area contributed by atoms with Gasteiger partial charge in [-0.15, -0.1) is 0 Å². The summed E-state index contributed by atoms with van der Waals surface area (Å²) in [6.45, 7) is -0.612. The Kier molecular flexibility index (Phi) is 9.56. The van der Waals surface area contributed by atoms with Crippen molar-refractivity contribution in [3.05, 3.63) is 22.7 Å². The first kappa shape index (κ1) is 22.7. The van der Waals surface area contributed by atoms with Crippen LogP contribution in [0.2, 0.25) is 0 Å². The summed E-state index contributed by atoms with van der Waals surface area (Å²) in [6, 6.07) is 1.37. The van der Waals surface area contributed by atoms with Crippen LogP contribution in [0.1, 0.15) is 12.6 Å². The number of anilines is 1. The van der Waals surface area contributed by atoms with Crippen molar-refractivity contribution in [2.24, 2.45) is 0 Å². The van der Waals surface area contributed by atoms with E-state index in [1.807, 2.05) is 0 Å². The quantitative estimate of drug-likeness (QED) is 0.396. The average molecular weight is 351 g/mol. The van der Waals surface area contributed by atoms with Crippen molar-refractivity contribution in [2.45, 2.75) is 24.9 Å². The molecule has 10 nitrogen and oxygen atoms in total. The zero-order valence-corrected chi connectivity index (χ0v) is 17.0. The number of rotatable bonds is 4. The van der Waals surface area contributed by atoms with E-state index in [9.17, 15) is 19.4 Å². The molecule has 0 saturated carbocycles. The summed E-state index contributed by atoms with van der Waals surface area (Å²) < 4.78 is 20.9. The van der Waals surface area contributed by atoms with Gasteiger partial charge in [0.2, 0.25) is 0 Å². The Morgan fingerprint density at radius 3 is 2.77 bits per heavy atom. The van der Waals surface area contributed by atoms with Crippen LogP contribution in [0.25, 0.3) is 0 Å². The summed E-state index contributed by atoms with van der Waals surface area (Å²) in [4.78, 5) is 34.0. The number of nitrogens with zero attached hydrogens (tertiary/aromatic N) is 2. The largest absolute Gasteiger partial charge is 1.00 e. The van der Waals surface area contributed by atoms with Gasteiger partial charge in [-0.25, -0.2) is 4.79 Å². The van der Waals surface area contributed by atoms with Crippen LogP contribution >= 0.6 is 7.82 Å². The molecule has 1 aliphatic rings. The monoisotopic (exact) mass is 351 g/mol. The Hall–Kier alpha value is 0.710. The predicted octanol–water partition coefficient (Wildman–Crippen LogP) is -8.67. The first-order valence-corrected chi connectivity index (χ1v) is 7.10. The molecule has 0 radical (unpaired) electrons. The van der Waals surface area contributed by atoms with Crippen molar-refractivity contribution in [3.63, 3.8) is 0 Å². The number of phosphoric acid groups is 1. The molecule has 0 aliphatic carbocycles. The van der Waals surface area contributed by atoms with E-state index in [1.165, 1.54) is 12.3 Å². The Morgan fingerprint density at radius 1 is 1.59 bits per heavy atom. The Labute approximate surface area is 169 Å². The fraction of sp³-hybridized carbons (Fsp3) is 0.556. The van der Waals surface area contributed by atoms with E-state index in [-0.39, 0.29) is 71.4 Å². The minimum atomic E-state index is -4.92. The number of aromatic nitrogens is 2. The van der Waals surface area contributed by atoms with Crippen LogP contribution in [0, 0.1) is 0 Å². The molecule has 1 aliphatic heterocycles. The second-order valence-corrected chi connectivity index (χ2v) is 5.41. The van der Waals surface area contributed by atoms with Gasteiger partial charge in [0, 0.05) is 6.20 Å². The summed E-state index contributed by atoms with van der Waals surface area (Å²) in [5.41, 5.74) is 4.66. The van der Waals surface area contributed by atoms with E-state index in [0.717, 1.165) is 4.57 Å². The SMILES string of the molecule is Nc1ccn([C@H]2C[C@H]([O-])[C@@H](COP(=O)([O-])O)O2)c(=O)n1.[Na+].[Na+]. The van der Waals surface area contributed by atoms with Gasteiger partial charge in [-0.3, -0.25) is 9.13 Å². The van der Waals surface area contributed by atoms with Crippen LogP contribution in [0.15, 0.2) is 17.1 Å². The van der Waals surface area contributed by atoms with E-state index >= 15 is 0 Å². The molecule has 1 saturated heterocycles. The number of ether oxygens (including phenoxy) is 1. The van der Waals surface area contributed by atoms with E-state index in [4.69, 9.17) is 15.4 Å². The molecule has 2 heterocycles. The van der Waals surface area contributed by atoms with Gasteiger partial charge in [0.15, 0.2) is 0 Å². The molecule has 1 fully saturated rings. The van der Waals surface area contributed by atoms with E-state index < -0.39 is 38.6 Å². The second kappa shape index (κ2) is 9.26. The Balaban J connectivity index is 0.00000220. The molecule has 0 bridgehead atoms. The number of nitrogens with two attached hydrogens (primary N) is 1. The van der Waals surface area contributed by atoms with Crippen LogP contribution in [0.5, 0.6) is 0 Å². The van der Waals surface area contributed by atoms with Crippen LogP contribution in [0.4, 0.5) is 5.82 Å². The Bertz CT molecular complexity index is 595. The fourth-order valence-electron chi connectivity index (χ4n) is 1.83. The van der Waals surface area contributed by atoms with Gasteiger partial charge >= 0.3 is 64.8 Å². The smallest absolute Gasteiger partial charge is 0.850 e. The zero-order chi connectivity index (χ0) is 14.9. The molecule has 1 aromatic rings. The van der Waals surface area contributed by atoms with E-state index in [0.29, 0.717) is 0 Å². The number of phosphoric ester groups is 1. The van der Waals surface area contributed by atoms with Crippen molar-refractivity contribution in [2.75, 3.05) is 12.3 Å². The van der Waals surface area contributed by atoms with Gasteiger partial charge in [0.1, 0.15) is 12.0 Å². The molecule has 13 heteroatoms. The molecule has 2 rings (SSSR count). The molecule has 112 valence electrons. The van der Waals surface area contributed by atoms with Crippen molar-refractivity contribution >= 4 is 13.6 Å². The molecule has 1 aromatic heterocycles. The van der Waals surface area contributed by atoms with Gasteiger partial charge in [-0.05, 0) is 12.5 Å². The summed E-state index contributed by atoms with van der Waals surface area (Å²) in [7, 11) is -4.92. The van der Waals surface area contributed by atoms with Crippen LogP contribution in [-0.2, 0) is 13.8 Å². The van der Waals surface area contributed by atoms with Crippen molar-refractivity contribution in [1.82, 2.24) is 9.55 Å². The minimum Gasteiger partial charge on any atom is -0.850 e. The second-order valence-electron chi connectivity index (χ2n) is 4.21. The first-order chi connectivity index (χ1) is 9.26. The van der Waals surface area contributed by atoms with Gasteiger partial charge in [0.05, 0.1) is 12.7 Å². The van der Waals surface area contributed by atoms with E-state index in [1.54, 1.807) is 0 Å². The third-order valence-electron chi connectivity index (χ3n) is 2.74. The van der Waals surface area contributed by atoms with Gasteiger partial charge in [0.25, 0.3) is 7.82 Å². The summed E-state index contributed by atoms with van der Waals surface area (Å²) in [6.07, 6.45) is -2.00. The molecule has 4 atom stereocenters. The average Bonchev–Trinajstić information content (AvgIpc) is 2.67. The Morgan fingerprint density at radius 2 is 2.23 bits per heavy atom. The van der Waals surface area contributed by atoms with Gasteiger partial charge in [-0.1, -0.05) is 6.10 Å². The van der Waals surface area contributed by atoms with Crippen molar-refractivity contribution in [3.8, 4) is 0 Å². The van der Waals surface area contributed by atoms with Crippen LogP contribution in [-0.4, -0.2) is 33.3 Å². The van der Waals surface area contributed by atoms with Crippen molar-refractivity contribution < 1.29 is 87.8 Å². The van der Waals surface area contributed by atoms with Crippen LogP contribution in [0.3, 0.4) is 0 Å². The molecule has 0 spiro atoms. The van der Waals surface area contributed by atoms with Crippen LogP contribution < -0.4 is 80.5 Å². The van der Waals surface area contributed by atoms with E-state index in [2.05, 4.69) is 9.51 Å². The normalized spacial score (nSPS) is 26.6. The molecule has 3 N–H and O–H groups in total. The first-order valence-electron chi connectivity index (χ1n) is 5.60. The topological polar surface area (TPSA) is 163 Å². The molecule has 1 unspecified atom stereocenters. The number of hydrogen-bond donors (Lipinski definition) is 2. The predicted molar refractivity (Wildman–Crippen MR) is 61.0 cm³/mol. The fourth-order valence-corrected chi connectivity index (χ4v) is 2.17. The summed E-state index contributed by atoms with van der Waals surface area (Å²) >= 11 is 0. The summed E-state index contributed by atoms with van der Waals surface area (Å²) in [5.74, 6) is 0.0374. The molecular formula is C9H12N3Na2O7P. The zero-order valence-electron chi connectivity index (χ0n) is 12.1. The molecule has 0 aromatic carbocycles. The van der Waals surface area contributed by atoms with Crippen molar-refractivity contribution in [1.29, 1.82) is 0 Å². The number of hydrogen-bond acceptors (Lipinski definition) is 8. The maximum atomic E-state index is 11.7. The third kappa shape index (κ3) is 6.31. The number of nitrogen functional groups attached to an aromatic ring is 1. The standard InChI is InChI=1S/C9H13N3O7P.2Na/c10-7-1-2-12(9(14)11-7)8-3-5(13)6(19-8)4-18-20(15,16)17;;/h1-2,5-6,8H,3-4H2,(H2,10,11,14)(H2,15,16,17);;/q-1;2*+1/p-1/t5-,6+,8+;;/m0../s1. The molecule has 22 heavy (non-hydrogen) atoms. The maximum absolute atomic E-state index is 11.7.